The molecule has 4 heteroatoms. The quantitative estimate of drug-likeness (QED) is 0.414. The molecule has 2 aromatic carbocycles. The Morgan fingerprint density at radius 3 is 2.41 bits per heavy atom. The molecule has 0 spiro atoms. The maximum Gasteiger partial charge on any atom is 0.343 e. The van der Waals surface area contributed by atoms with Crippen molar-refractivity contribution < 1.29 is 18.3 Å². The monoisotopic (exact) mass is 398 g/mol. The molecule has 2 saturated carbocycles. The van der Waals surface area contributed by atoms with Crippen LogP contribution >= 0.6 is 0 Å². The minimum atomic E-state index is -0.636. The first-order valence-electron chi connectivity index (χ1n) is 10.8. The number of halogens is 2. The highest BCUT2D eigenvalue weighted by molar-refractivity contribution is 5.91. The van der Waals surface area contributed by atoms with Crippen molar-refractivity contribution in [3.05, 3.63) is 65.2 Å². The van der Waals surface area contributed by atoms with Crippen LogP contribution in [0.5, 0.6) is 5.75 Å². The second kappa shape index (κ2) is 8.64. The third kappa shape index (κ3) is 4.52. The lowest BCUT2D eigenvalue weighted by molar-refractivity contribution is 0.0734. The molecule has 2 aliphatic rings. The van der Waals surface area contributed by atoms with Crippen LogP contribution in [0.4, 0.5) is 8.78 Å². The summed E-state index contributed by atoms with van der Waals surface area (Å²) in [5, 5.41) is 0. The second-order valence-electron chi connectivity index (χ2n) is 8.70. The summed E-state index contributed by atoms with van der Waals surface area (Å²) >= 11 is 0. The van der Waals surface area contributed by atoms with E-state index >= 15 is 0 Å². The van der Waals surface area contributed by atoms with Gasteiger partial charge in [0.05, 0.1) is 5.56 Å². The summed E-state index contributed by atoms with van der Waals surface area (Å²) in [6, 6.07) is 9.87. The number of hydrogen-bond donors (Lipinski definition) is 0. The van der Waals surface area contributed by atoms with Crippen molar-refractivity contribution >= 4 is 5.97 Å². The highest BCUT2D eigenvalue weighted by atomic mass is 19.1. The molecule has 2 fully saturated rings. The molecule has 1 unspecified atom stereocenters. The first kappa shape index (κ1) is 20.1. The summed E-state index contributed by atoms with van der Waals surface area (Å²) in [6.45, 7) is 2.29. The van der Waals surface area contributed by atoms with Crippen LogP contribution in [-0.2, 0) is 0 Å². The Morgan fingerprint density at radius 2 is 1.69 bits per heavy atom. The molecule has 0 aliphatic heterocycles. The summed E-state index contributed by atoms with van der Waals surface area (Å²) in [4.78, 5) is 12.3. The standard InChI is InChI=1S/C25H28F2O2/c1-2-16-3-4-18-14-19(6-5-17(18)13-16)23-12-7-20(15-24(23)27)25(28)29-22-10-8-21(26)9-11-22/h7-12,15-19H,2-6,13-14H2,1H3/t16-,17-,18+,19?/m0/s1. The number of hydrogen-bond acceptors (Lipinski definition) is 2. The van der Waals surface area contributed by atoms with E-state index in [1.165, 1.54) is 62.4 Å². The second-order valence-corrected chi connectivity index (χ2v) is 8.70. The van der Waals surface area contributed by atoms with Gasteiger partial charge in [0.25, 0.3) is 0 Å². The summed E-state index contributed by atoms with van der Waals surface area (Å²) < 4.78 is 33.1. The van der Waals surface area contributed by atoms with E-state index < -0.39 is 11.8 Å². The van der Waals surface area contributed by atoms with Gasteiger partial charge in [-0.25, -0.2) is 13.6 Å². The van der Waals surface area contributed by atoms with Gasteiger partial charge < -0.3 is 4.74 Å². The van der Waals surface area contributed by atoms with Crippen LogP contribution in [0.15, 0.2) is 42.5 Å². The molecule has 0 amide bonds. The van der Waals surface area contributed by atoms with Gasteiger partial charge in [0.15, 0.2) is 0 Å². The third-order valence-electron chi connectivity index (χ3n) is 7.00. The number of ether oxygens (including phenoxy) is 1. The van der Waals surface area contributed by atoms with Crippen molar-refractivity contribution in [1.29, 1.82) is 0 Å². The van der Waals surface area contributed by atoms with Crippen LogP contribution in [0.2, 0.25) is 0 Å². The Hall–Kier alpha value is -2.23. The zero-order chi connectivity index (χ0) is 20.4. The van der Waals surface area contributed by atoms with E-state index in [0.29, 0.717) is 5.92 Å². The van der Waals surface area contributed by atoms with Gasteiger partial charge in [-0.3, -0.25) is 0 Å². The van der Waals surface area contributed by atoms with Gasteiger partial charge in [0, 0.05) is 0 Å². The Morgan fingerprint density at radius 1 is 0.966 bits per heavy atom. The molecule has 0 N–H and O–H groups in total. The summed E-state index contributed by atoms with van der Waals surface area (Å²) in [7, 11) is 0. The maximum atomic E-state index is 14.9. The van der Waals surface area contributed by atoms with Gasteiger partial charge in [-0.15, -0.1) is 0 Å². The zero-order valence-electron chi connectivity index (χ0n) is 16.9. The number of rotatable bonds is 4. The van der Waals surface area contributed by atoms with E-state index in [-0.39, 0.29) is 23.0 Å². The summed E-state index contributed by atoms with van der Waals surface area (Å²) in [5.41, 5.74) is 0.895. The molecule has 0 radical (unpaired) electrons. The van der Waals surface area contributed by atoms with Crippen molar-refractivity contribution in [1.82, 2.24) is 0 Å². The third-order valence-corrected chi connectivity index (χ3v) is 7.00. The topological polar surface area (TPSA) is 26.3 Å². The van der Waals surface area contributed by atoms with Gasteiger partial charge >= 0.3 is 5.97 Å². The molecule has 0 heterocycles. The number of esters is 1. The van der Waals surface area contributed by atoms with E-state index in [2.05, 4.69) is 6.92 Å². The van der Waals surface area contributed by atoms with Crippen LogP contribution < -0.4 is 4.74 Å². The zero-order valence-corrected chi connectivity index (χ0v) is 16.9. The SMILES string of the molecule is CC[C@H]1CC[C@@H]2CC(c3ccc(C(=O)Oc4ccc(F)cc4)cc3F)CC[C@H]2C1. The Bertz CT molecular complexity index is 862. The highest BCUT2D eigenvalue weighted by Gasteiger charge is 2.36. The van der Waals surface area contributed by atoms with Crippen LogP contribution in [0.25, 0.3) is 0 Å². The predicted octanol–water partition coefficient (Wildman–Crippen LogP) is 6.89. The van der Waals surface area contributed by atoms with Crippen LogP contribution in [0.1, 0.15) is 73.7 Å². The molecule has 0 aromatic heterocycles. The summed E-state index contributed by atoms with van der Waals surface area (Å²) in [6.07, 6.45) is 8.44. The van der Waals surface area contributed by atoms with E-state index in [1.54, 1.807) is 12.1 Å². The molecular formula is C25H28F2O2. The molecule has 4 atom stereocenters. The first-order valence-corrected chi connectivity index (χ1v) is 10.8. The molecule has 2 aromatic rings. The number of fused-ring (bicyclic) bond motifs is 1. The average molecular weight is 398 g/mol. The molecular weight excluding hydrogens is 370 g/mol. The summed E-state index contributed by atoms with van der Waals surface area (Å²) in [5.74, 6) is 1.48. The van der Waals surface area contributed by atoms with Crippen molar-refractivity contribution in [2.75, 3.05) is 0 Å². The minimum Gasteiger partial charge on any atom is -0.423 e. The van der Waals surface area contributed by atoms with Crippen molar-refractivity contribution in [3.63, 3.8) is 0 Å². The van der Waals surface area contributed by atoms with Crippen molar-refractivity contribution in [3.8, 4) is 5.75 Å². The number of carbonyl (C=O) groups is 1. The molecule has 2 aliphatic carbocycles. The van der Waals surface area contributed by atoms with E-state index in [0.717, 1.165) is 30.2 Å². The van der Waals surface area contributed by atoms with Crippen molar-refractivity contribution in [2.24, 2.45) is 17.8 Å². The Balaban J connectivity index is 1.42. The van der Waals surface area contributed by atoms with Gasteiger partial charge in [0.1, 0.15) is 17.4 Å². The van der Waals surface area contributed by atoms with Gasteiger partial charge in [-0.2, -0.15) is 0 Å². The molecule has 154 valence electrons. The van der Waals surface area contributed by atoms with E-state index in [4.69, 9.17) is 4.74 Å². The molecule has 4 rings (SSSR count). The maximum absolute atomic E-state index is 14.9. The van der Waals surface area contributed by atoms with Crippen LogP contribution in [-0.4, -0.2) is 5.97 Å². The smallest absolute Gasteiger partial charge is 0.343 e. The molecule has 0 bridgehead atoms. The Labute approximate surface area is 171 Å². The lowest BCUT2D eigenvalue weighted by atomic mass is 9.63. The van der Waals surface area contributed by atoms with Crippen LogP contribution in [0, 0.1) is 29.4 Å². The fourth-order valence-corrected chi connectivity index (χ4v) is 5.29. The van der Waals surface area contributed by atoms with Crippen molar-refractivity contribution in [2.45, 2.75) is 57.8 Å². The van der Waals surface area contributed by atoms with E-state index in [1.807, 2.05) is 0 Å². The molecule has 0 saturated heterocycles. The average Bonchev–Trinajstić information content (AvgIpc) is 2.74. The molecule has 29 heavy (non-hydrogen) atoms. The predicted molar refractivity (Wildman–Crippen MR) is 109 cm³/mol. The van der Waals surface area contributed by atoms with Gasteiger partial charge in [-0.05, 0) is 97.7 Å². The lowest BCUT2D eigenvalue weighted by Gasteiger charge is -2.42. The first-order chi connectivity index (χ1) is 14.0. The Kier molecular flexibility index (Phi) is 5.98. The van der Waals surface area contributed by atoms with Gasteiger partial charge in [0.2, 0.25) is 0 Å². The fraction of sp³-hybridized carbons (Fsp3) is 0.480. The lowest BCUT2D eigenvalue weighted by Crippen LogP contribution is -2.30. The highest BCUT2D eigenvalue weighted by Crippen LogP contribution is 2.48. The van der Waals surface area contributed by atoms with E-state index in [9.17, 15) is 13.6 Å². The normalized spacial score (nSPS) is 26.6. The van der Waals surface area contributed by atoms with Gasteiger partial charge in [-0.1, -0.05) is 25.8 Å². The molecule has 2 nitrogen and oxygen atoms in total. The van der Waals surface area contributed by atoms with Crippen LogP contribution in [0.3, 0.4) is 0 Å². The number of carbonyl (C=O) groups excluding carboxylic acids is 1. The fourth-order valence-electron chi connectivity index (χ4n) is 5.29. The number of benzene rings is 2. The largest absolute Gasteiger partial charge is 0.423 e. The minimum absolute atomic E-state index is 0.174.